The van der Waals surface area contributed by atoms with E-state index in [1.807, 2.05) is 0 Å². The van der Waals surface area contributed by atoms with Crippen molar-refractivity contribution in [3.63, 3.8) is 0 Å². The Morgan fingerprint density at radius 2 is 1.80 bits per heavy atom. The highest BCUT2D eigenvalue weighted by Gasteiger charge is 2.39. The van der Waals surface area contributed by atoms with Gasteiger partial charge < -0.3 is 0 Å². The van der Waals surface area contributed by atoms with Crippen molar-refractivity contribution in [1.29, 1.82) is 0 Å². The third-order valence-electron chi connectivity index (χ3n) is 2.20. The molecule has 1 heteroatoms. The smallest absolute Gasteiger partial charge is 0.112 e. The molecular weight excluding hydrogens is 122 g/mol. The van der Waals surface area contributed by atoms with E-state index in [2.05, 4.69) is 10.8 Å². The molecule has 10 heavy (non-hydrogen) atoms. The predicted octanol–water partition coefficient (Wildman–Crippen LogP) is 2.29. The minimum Gasteiger partial charge on any atom is -0.112 e. The summed E-state index contributed by atoms with van der Waals surface area (Å²) in [5.74, 6) is 2.68. The van der Waals surface area contributed by atoms with Crippen molar-refractivity contribution in [2.24, 2.45) is 0 Å². The van der Waals surface area contributed by atoms with Crippen molar-refractivity contribution in [3.05, 3.63) is 4.85 Å². The Morgan fingerprint density at radius 3 is 2.10 bits per heavy atom. The second-order valence-electron chi connectivity index (χ2n) is 2.87. The largest absolute Gasteiger partial charge is 0.339 e. The lowest BCUT2D eigenvalue weighted by molar-refractivity contribution is 0.418. The third-order valence-corrected chi connectivity index (χ3v) is 2.20. The Hall–Kier alpha value is -0.950. The molecule has 0 saturated heterocycles. The molecule has 0 radical (unpaired) electrons. The number of hydrogen-bond acceptors (Lipinski definition) is 0. The predicted molar refractivity (Wildman–Crippen MR) is 43.0 cm³/mol. The van der Waals surface area contributed by atoms with Crippen LogP contribution in [0.2, 0.25) is 0 Å². The number of terminal acetylenes is 1. The quantitative estimate of drug-likeness (QED) is 0.448. The maximum atomic E-state index is 5.32. The molecule has 0 bridgehead atoms. The fourth-order valence-corrected chi connectivity index (χ4v) is 1.45. The Labute approximate surface area is 62.3 Å². The lowest BCUT2D eigenvalue weighted by Crippen LogP contribution is -2.24. The van der Waals surface area contributed by atoms with Gasteiger partial charge in [-0.3, -0.25) is 0 Å². The first-order valence-corrected chi connectivity index (χ1v) is 3.73. The van der Waals surface area contributed by atoms with E-state index in [-0.39, 0.29) is 5.54 Å². The van der Waals surface area contributed by atoms with Crippen LogP contribution in [0.4, 0.5) is 0 Å². The van der Waals surface area contributed by atoms with Crippen molar-refractivity contribution in [2.45, 2.75) is 37.6 Å². The second-order valence-corrected chi connectivity index (χ2v) is 2.87. The Bertz CT molecular complexity index is 170. The van der Waals surface area contributed by atoms with E-state index in [1.165, 1.54) is 19.3 Å². The molecule has 52 valence electrons. The molecule has 0 heterocycles. The van der Waals surface area contributed by atoms with Gasteiger partial charge in [0, 0.05) is 12.8 Å². The van der Waals surface area contributed by atoms with Crippen molar-refractivity contribution in [2.75, 3.05) is 0 Å². The molecule has 1 fully saturated rings. The first-order valence-electron chi connectivity index (χ1n) is 3.73. The van der Waals surface area contributed by atoms with Crippen molar-refractivity contribution >= 4 is 0 Å². The van der Waals surface area contributed by atoms with Crippen LogP contribution in [0.15, 0.2) is 0 Å². The standard InChI is InChI=1S/C9H12N/c1-3-9(10-2)7-5-4-6-8-9/h1-2H,4-8H2/q+1. The third kappa shape index (κ3) is 1.14. The summed E-state index contributed by atoms with van der Waals surface area (Å²) in [6.07, 6.45) is 10.9. The van der Waals surface area contributed by atoms with E-state index in [4.69, 9.17) is 13.0 Å². The Balaban J connectivity index is 2.67. The van der Waals surface area contributed by atoms with Gasteiger partial charge >= 0.3 is 5.54 Å². The Morgan fingerprint density at radius 1 is 1.20 bits per heavy atom. The number of hydrogen-bond donors (Lipinski definition) is 0. The molecule has 0 aromatic rings. The molecule has 0 spiro atoms. The summed E-state index contributed by atoms with van der Waals surface area (Å²) in [5, 5.41) is 0. The molecule has 0 aromatic heterocycles. The van der Waals surface area contributed by atoms with Crippen LogP contribution in [0.3, 0.4) is 0 Å². The van der Waals surface area contributed by atoms with Gasteiger partial charge in [0.05, 0.1) is 0 Å². The second kappa shape index (κ2) is 2.76. The summed E-state index contributed by atoms with van der Waals surface area (Å²) >= 11 is 0. The fourth-order valence-electron chi connectivity index (χ4n) is 1.45. The highest BCUT2D eigenvalue weighted by molar-refractivity contribution is 5.21. The minimum atomic E-state index is -0.307. The van der Waals surface area contributed by atoms with Crippen LogP contribution in [-0.4, -0.2) is 5.54 Å². The van der Waals surface area contributed by atoms with Crippen LogP contribution in [0.25, 0.3) is 4.85 Å². The zero-order chi connectivity index (χ0) is 7.45. The average Bonchev–Trinajstić information content (AvgIpc) is 2.06. The van der Waals surface area contributed by atoms with Gasteiger partial charge in [0.25, 0.3) is 6.57 Å². The minimum absolute atomic E-state index is 0.307. The molecule has 1 aliphatic rings. The SMILES string of the molecule is C#CC1([N+]#C)CCCCC1. The highest BCUT2D eigenvalue weighted by atomic mass is 14.8. The number of nitrogens with zero attached hydrogens (tertiary/aromatic N) is 1. The first-order chi connectivity index (χ1) is 4.83. The van der Waals surface area contributed by atoms with Crippen molar-refractivity contribution in [3.8, 4) is 18.9 Å². The van der Waals surface area contributed by atoms with E-state index in [0.29, 0.717) is 0 Å². The van der Waals surface area contributed by atoms with E-state index in [0.717, 1.165) is 12.8 Å². The van der Waals surface area contributed by atoms with E-state index in [9.17, 15) is 0 Å². The van der Waals surface area contributed by atoms with Gasteiger partial charge in [-0.25, -0.2) is 0 Å². The van der Waals surface area contributed by atoms with Gasteiger partial charge in [-0.15, -0.1) is 6.42 Å². The lowest BCUT2D eigenvalue weighted by Gasteiger charge is -2.16. The van der Waals surface area contributed by atoms with Crippen LogP contribution < -0.4 is 0 Å². The van der Waals surface area contributed by atoms with Gasteiger partial charge in [-0.1, -0.05) is 11.3 Å². The molecule has 0 amide bonds. The molecule has 0 aromatic carbocycles. The van der Waals surface area contributed by atoms with E-state index < -0.39 is 0 Å². The molecule has 1 aliphatic carbocycles. The average molecular weight is 134 g/mol. The number of rotatable bonds is 0. The fraction of sp³-hybridized carbons (Fsp3) is 0.667. The Kier molecular flexibility index (Phi) is 1.97. The maximum Gasteiger partial charge on any atom is 0.339 e. The van der Waals surface area contributed by atoms with Gasteiger partial charge in [0.15, 0.2) is 0 Å². The molecule has 1 saturated carbocycles. The molecule has 0 unspecified atom stereocenters. The van der Waals surface area contributed by atoms with Crippen LogP contribution in [0.5, 0.6) is 0 Å². The van der Waals surface area contributed by atoms with Crippen molar-refractivity contribution in [1.82, 2.24) is 0 Å². The monoisotopic (exact) mass is 134 g/mol. The summed E-state index contributed by atoms with van der Waals surface area (Å²) < 4.78 is 0. The van der Waals surface area contributed by atoms with E-state index in [1.54, 1.807) is 0 Å². The van der Waals surface area contributed by atoms with Crippen LogP contribution in [0, 0.1) is 18.9 Å². The molecule has 1 rings (SSSR count). The van der Waals surface area contributed by atoms with Crippen LogP contribution >= 0.6 is 0 Å². The zero-order valence-electron chi connectivity index (χ0n) is 6.14. The summed E-state index contributed by atoms with van der Waals surface area (Å²) in [5.41, 5.74) is -0.307. The maximum absolute atomic E-state index is 5.32. The van der Waals surface area contributed by atoms with E-state index >= 15 is 0 Å². The molecule has 0 N–H and O–H groups in total. The summed E-state index contributed by atoms with van der Waals surface area (Å²) in [4.78, 5) is 3.76. The van der Waals surface area contributed by atoms with Crippen molar-refractivity contribution < 1.29 is 0 Å². The van der Waals surface area contributed by atoms with Gasteiger partial charge in [0.1, 0.15) is 0 Å². The molecule has 1 nitrogen and oxygen atoms in total. The topological polar surface area (TPSA) is 4.36 Å². The van der Waals surface area contributed by atoms with Gasteiger partial charge in [0.2, 0.25) is 0 Å². The highest BCUT2D eigenvalue weighted by Crippen LogP contribution is 2.30. The molecule has 0 aliphatic heterocycles. The summed E-state index contributed by atoms with van der Waals surface area (Å²) in [6, 6.07) is 0. The summed E-state index contributed by atoms with van der Waals surface area (Å²) in [7, 11) is 0. The van der Waals surface area contributed by atoms with Crippen LogP contribution in [-0.2, 0) is 0 Å². The molecular formula is C9H12N+. The van der Waals surface area contributed by atoms with Crippen LogP contribution in [0.1, 0.15) is 32.1 Å². The zero-order valence-corrected chi connectivity index (χ0v) is 6.14. The lowest BCUT2D eigenvalue weighted by atomic mass is 9.83. The normalized spacial score (nSPS) is 22.6. The summed E-state index contributed by atoms with van der Waals surface area (Å²) in [6.45, 7) is 5.23. The molecule has 0 atom stereocenters. The van der Waals surface area contributed by atoms with Gasteiger partial charge in [-0.05, 0) is 18.8 Å². The van der Waals surface area contributed by atoms with Gasteiger partial charge in [-0.2, -0.15) is 0 Å². The first kappa shape index (κ1) is 7.16.